The summed E-state index contributed by atoms with van der Waals surface area (Å²) in [7, 11) is 0. The van der Waals surface area contributed by atoms with Gasteiger partial charge in [0.05, 0.1) is 5.25 Å². The van der Waals surface area contributed by atoms with E-state index in [0.717, 1.165) is 17.0 Å². The van der Waals surface area contributed by atoms with Crippen LogP contribution in [0.5, 0.6) is 0 Å². The average molecular weight is 286 g/mol. The zero-order valence-electron chi connectivity index (χ0n) is 11.1. The maximum absolute atomic E-state index is 5.68. The third-order valence-corrected chi connectivity index (χ3v) is 4.70. The molecule has 1 atom stereocenters. The SMILES string of the molecule is CCSC(C(=S)Cc1ccccc1)c1ccccc1. The van der Waals surface area contributed by atoms with Crippen LogP contribution < -0.4 is 0 Å². The molecular formula is C17H18S2. The topological polar surface area (TPSA) is 0 Å². The number of thioether (sulfide) groups is 1. The van der Waals surface area contributed by atoms with Crippen molar-refractivity contribution in [3.63, 3.8) is 0 Å². The van der Waals surface area contributed by atoms with Crippen molar-refractivity contribution in [1.29, 1.82) is 0 Å². The Bertz CT molecular complexity index is 505. The first-order valence-corrected chi connectivity index (χ1v) is 8.00. The predicted molar refractivity (Wildman–Crippen MR) is 90.1 cm³/mol. The van der Waals surface area contributed by atoms with E-state index in [1.807, 2.05) is 17.8 Å². The van der Waals surface area contributed by atoms with Gasteiger partial charge >= 0.3 is 0 Å². The van der Waals surface area contributed by atoms with Gasteiger partial charge in [-0.1, -0.05) is 79.8 Å². The Morgan fingerprint density at radius 2 is 1.58 bits per heavy atom. The summed E-state index contributed by atoms with van der Waals surface area (Å²) in [6, 6.07) is 21.0. The molecule has 0 saturated carbocycles. The largest absolute Gasteiger partial charge is 0.149 e. The lowest BCUT2D eigenvalue weighted by atomic mass is 10.0. The molecule has 0 aliphatic carbocycles. The van der Waals surface area contributed by atoms with Crippen LogP contribution in [0.4, 0.5) is 0 Å². The number of rotatable bonds is 6. The molecule has 19 heavy (non-hydrogen) atoms. The number of hydrogen-bond acceptors (Lipinski definition) is 2. The lowest BCUT2D eigenvalue weighted by Crippen LogP contribution is -2.10. The van der Waals surface area contributed by atoms with E-state index >= 15 is 0 Å². The molecule has 0 heterocycles. The minimum atomic E-state index is 0.321. The van der Waals surface area contributed by atoms with Crippen molar-refractivity contribution >= 4 is 28.8 Å². The highest BCUT2D eigenvalue weighted by Crippen LogP contribution is 2.31. The molecule has 2 aromatic carbocycles. The van der Waals surface area contributed by atoms with Gasteiger partial charge in [-0.15, -0.1) is 11.8 Å². The zero-order valence-corrected chi connectivity index (χ0v) is 12.7. The molecule has 98 valence electrons. The van der Waals surface area contributed by atoms with E-state index in [9.17, 15) is 0 Å². The molecule has 0 amide bonds. The van der Waals surface area contributed by atoms with Crippen molar-refractivity contribution in [1.82, 2.24) is 0 Å². The van der Waals surface area contributed by atoms with Gasteiger partial charge in [0, 0.05) is 11.3 Å². The zero-order chi connectivity index (χ0) is 13.5. The molecule has 0 bridgehead atoms. The van der Waals surface area contributed by atoms with Crippen molar-refractivity contribution in [3.05, 3.63) is 71.8 Å². The molecule has 0 fully saturated rings. The van der Waals surface area contributed by atoms with E-state index in [2.05, 4.69) is 61.5 Å². The van der Waals surface area contributed by atoms with Crippen LogP contribution in [-0.2, 0) is 6.42 Å². The molecule has 0 nitrogen and oxygen atoms in total. The first kappa shape index (κ1) is 14.3. The lowest BCUT2D eigenvalue weighted by molar-refractivity contribution is 1.22. The number of thiocarbonyl (C=S) groups is 1. The van der Waals surface area contributed by atoms with Crippen molar-refractivity contribution in [2.75, 3.05) is 5.75 Å². The van der Waals surface area contributed by atoms with E-state index in [1.165, 1.54) is 11.1 Å². The lowest BCUT2D eigenvalue weighted by Gasteiger charge is -2.17. The van der Waals surface area contributed by atoms with Crippen molar-refractivity contribution in [3.8, 4) is 0 Å². The summed E-state index contributed by atoms with van der Waals surface area (Å²) in [4.78, 5) is 1.12. The molecule has 1 unspecified atom stereocenters. The fourth-order valence-electron chi connectivity index (χ4n) is 2.06. The Balaban J connectivity index is 2.13. The Hall–Kier alpha value is -1.12. The Labute approximate surface area is 125 Å². The minimum Gasteiger partial charge on any atom is -0.149 e. The normalized spacial score (nSPS) is 12.1. The fraction of sp³-hybridized carbons (Fsp3) is 0.235. The van der Waals surface area contributed by atoms with Gasteiger partial charge in [-0.3, -0.25) is 0 Å². The van der Waals surface area contributed by atoms with Crippen LogP contribution in [-0.4, -0.2) is 10.6 Å². The van der Waals surface area contributed by atoms with Crippen LogP contribution in [0, 0.1) is 0 Å². The van der Waals surface area contributed by atoms with Gasteiger partial charge in [-0.25, -0.2) is 0 Å². The summed E-state index contributed by atoms with van der Waals surface area (Å²) in [6.45, 7) is 2.19. The standard InChI is InChI=1S/C17H18S2/c1-2-19-17(15-11-7-4-8-12-15)16(18)13-14-9-5-3-6-10-14/h3-12,17H,2,13H2,1H3. The van der Waals surface area contributed by atoms with Crippen LogP contribution in [0.15, 0.2) is 60.7 Å². The van der Waals surface area contributed by atoms with Gasteiger partial charge in [0.2, 0.25) is 0 Å². The summed E-state index contributed by atoms with van der Waals surface area (Å²) in [5, 5.41) is 0.321. The third-order valence-electron chi connectivity index (χ3n) is 2.95. The van der Waals surface area contributed by atoms with Crippen LogP contribution in [0.3, 0.4) is 0 Å². The summed E-state index contributed by atoms with van der Waals surface area (Å²) in [6.07, 6.45) is 0.878. The summed E-state index contributed by atoms with van der Waals surface area (Å²) in [5.74, 6) is 1.08. The fourth-order valence-corrected chi connectivity index (χ4v) is 3.52. The highest BCUT2D eigenvalue weighted by molar-refractivity contribution is 8.01. The quantitative estimate of drug-likeness (QED) is 0.678. The first-order valence-electron chi connectivity index (χ1n) is 6.54. The maximum atomic E-state index is 5.68. The minimum absolute atomic E-state index is 0.321. The molecule has 0 radical (unpaired) electrons. The summed E-state index contributed by atoms with van der Waals surface area (Å²) < 4.78 is 0. The molecule has 0 N–H and O–H groups in total. The van der Waals surface area contributed by atoms with Crippen molar-refractivity contribution in [2.45, 2.75) is 18.6 Å². The van der Waals surface area contributed by atoms with Gasteiger partial charge in [0.25, 0.3) is 0 Å². The smallest absolute Gasteiger partial charge is 0.0613 e. The Morgan fingerprint density at radius 1 is 1.00 bits per heavy atom. The van der Waals surface area contributed by atoms with Gasteiger partial charge in [0.15, 0.2) is 0 Å². The van der Waals surface area contributed by atoms with Gasteiger partial charge in [0.1, 0.15) is 0 Å². The van der Waals surface area contributed by atoms with Crippen molar-refractivity contribution in [2.24, 2.45) is 0 Å². The Kier molecular flexibility index (Phi) is 5.62. The monoisotopic (exact) mass is 286 g/mol. The second-order valence-electron chi connectivity index (χ2n) is 4.37. The first-order chi connectivity index (χ1) is 9.31. The molecule has 2 heteroatoms. The van der Waals surface area contributed by atoms with E-state index in [0.29, 0.717) is 5.25 Å². The maximum Gasteiger partial charge on any atom is 0.0613 e. The molecule has 0 spiro atoms. The van der Waals surface area contributed by atoms with E-state index in [1.54, 1.807) is 0 Å². The second-order valence-corrected chi connectivity index (χ2v) is 6.28. The highest BCUT2D eigenvalue weighted by Gasteiger charge is 2.16. The van der Waals surface area contributed by atoms with Crippen LogP contribution >= 0.6 is 24.0 Å². The predicted octanol–water partition coefficient (Wildman–Crippen LogP) is 5.09. The number of hydrogen-bond donors (Lipinski definition) is 0. The van der Waals surface area contributed by atoms with Gasteiger partial charge < -0.3 is 0 Å². The third kappa shape index (κ3) is 4.19. The van der Waals surface area contributed by atoms with Crippen molar-refractivity contribution < 1.29 is 0 Å². The molecule has 0 aliphatic heterocycles. The van der Waals surface area contributed by atoms with Crippen LogP contribution in [0.2, 0.25) is 0 Å². The van der Waals surface area contributed by atoms with Crippen LogP contribution in [0.25, 0.3) is 0 Å². The van der Waals surface area contributed by atoms with Gasteiger partial charge in [-0.05, 0) is 16.9 Å². The highest BCUT2D eigenvalue weighted by atomic mass is 32.2. The molecule has 0 saturated heterocycles. The van der Waals surface area contributed by atoms with Crippen LogP contribution in [0.1, 0.15) is 23.3 Å². The molecule has 0 aromatic heterocycles. The van der Waals surface area contributed by atoms with Gasteiger partial charge in [-0.2, -0.15) is 0 Å². The van der Waals surface area contributed by atoms with E-state index in [-0.39, 0.29) is 0 Å². The summed E-state index contributed by atoms with van der Waals surface area (Å²) >= 11 is 7.60. The van der Waals surface area contributed by atoms with E-state index < -0.39 is 0 Å². The molecular weight excluding hydrogens is 268 g/mol. The molecule has 0 aliphatic rings. The average Bonchev–Trinajstić information content (AvgIpc) is 2.46. The molecule has 2 rings (SSSR count). The number of benzene rings is 2. The molecule has 2 aromatic rings. The summed E-state index contributed by atoms with van der Waals surface area (Å²) in [5.41, 5.74) is 2.61. The van der Waals surface area contributed by atoms with E-state index in [4.69, 9.17) is 12.2 Å². The second kappa shape index (κ2) is 7.46. The Morgan fingerprint density at radius 3 is 2.16 bits per heavy atom.